The third kappa shape index (κ3) is 4.14. The van der Waals surface area contributed by atoms with Gasteiger partial charge < -0.3 is 19.3 Å². The maximum atomic E-state index is 12.8. The topological polar surface area (TPSA) is 106 Å². The van der Waals surface area contributed by atoms with E-state index in [0.29, 0.717) is 6.42 Å². The summed E-state index contributed by atoms with van der Waals surface area (Å²) < 4.78 is 47.1. The number of nitrogens with zero attached hydrogens (tertiary/aromatic N) is 3. The molecule has 2 unspecified atom stereocenters. The van der Waals surface area contributed by atoms with Gasteiger partial charge >= 0.3 is 18.0 Å². The molecule has 0 spiro atoms. The summed E-state index contributed by atoms with van der Waals surface area (Å²) in [6, 6.07) is 5.13. The third-order valence-electron chi connectivity index (χ3n) is 4.44. The molecule has 28 heavy (non-hydrogen) atoms. The van der Waals surface area contributed by atoms with Gasteiger partial charge in [-0.3, -0.25) is 9.59 Å². The molecule has 1 aromatic carbocycles. The fraction of sp³-hybridized carbons (Fsp3) is 0.412. The van der Waals surface area contributed by atoms with Crippen LogP contribution in [-0.4, -0.2) is 57.8 Å². The first-order valence-electron chi connectivity index (χ1n) is 8.26. The highest BCUT2D eigenvalue weighted by molar-refractivity contribution is 5.95. The molecule has 0 saturated carbocycles. The van der Waals surface area contributed by atoms with Crippen LogP contribution in [0.4, 0.5) is 13.2 Å². The molecule has 2 atom stereocenters. The van der Waals surface area contributed by atoms with E-state index < -0.39 is 24.1 Å². The normalized spacial score (nSPS) is 19.8. The summed E-state index contributed by atoms with van der Waals surface area (Å²) in [7, 11) is 1.49. The van der Waals surface area contributed by atoms with E-state index in [1.165, 1.54) is 36.3 Å². The number of carboxylic acid groups (broad SMARTS) is 1. The Hall–Kier alpha value is -2.95. The fourth-order valence-electron chi connectivity index (χ4n) is 3.07. The van der Waals surface area contributed by atoms with E-state index in [2.05, 4.69) is 14.7 Å². The van der Waals surface area contributed by atoms with Gasteiger partial charge in [0, 0.05) is 30.8 Å². The Labute approximate surface area is 156 Å². The van der Waals surface area contributed by atoms with Gasteiger partial charge in [0.05, 0.1) is 12.5 Å². The lowest BCUT2D eigenvalue weighted by Crippen LogP contribution is -2.37. The van der Waals surface area contributed by atoms with Crippen LogP contribution in [0, 0.1) is 0 Å². The van der Waals surface area contributed by atoms with Crippen molar-refractivity contribution in [2.75, 3.05) is 13.7 Å². The number of hydrogen-bond acceptors (Lipinski definition) is 6. The van der Waals surface area contributed by atoms with Crippen molar-refractivity contribution < 1.29 is 37.1 Å². The van der Waals surface area contributed by atoms with Gasteiger partial charge in [-0.05, 0) is 18.6 Å². The molecule has 1 N–H and O–H groups in total. The van der Waals surface area contributed by atoms with Crippen LogP contribution in [0.3, 0.4) is 0 Å². The molecule has 1 saturated heterocycles. The van der Waals surface area contributed by atoms with Crippen LogP contribution < -0.4 is 0 Å². The maximum absolute atomic E-state index is 12.8. The molecule has 0 radical (unpaired) electrons. The van der Waals surface area contributed by atoms with E-state index in [9.17, 15) is 22.8 Å². The van der Waals surface area contributed by atoms with Crippen LogP contribution in [0.1, 0.15) is 29.1 Å². The average Bonchev–Trinajstić information content (AvgIpc) is 3.28. The predicted molar refractivity (Wildman–Crippen MR) is 87.2 cm³/mol. The van der Waals surface area contributed by atoms with Crippen LogP contribution >= 0.6 is 0 Å². The molecule has 1 fully saturated rings. The molecular weight excluding hydrogens is 383 g/mol. The number of ether oxygens (including phenoxy) is 1. The van der Waals surface area contributed by atoms with Gasteiger partial charge in [-0.15, -0.1) is 0 Å². The molecule has 1 aromatic heterocycles. The Morgan fingerprint density at radius 1 is 1.32 bits per heavy atom. The molecule has 8 nitrogen and oxygen atoms in total. The number of halogens is 3. The van der Waals surface area contributed by atoms with E-state index in [1.807, 2.05) is 0 Å². The molecule has 3 rings (SSSR count). The minimum Gasteiger partial charge on any atom is -0.481 e. The number of aliphatic carboxylic acids is 1. The first kappa shape index (κ1) is 19.8. The summed E-state index contributed by atoms with van der Waals surface area (Å²) in [5, 5.41) is 12.3. The molecule has 1 aliphatic heterocycles. The summed E-state index contributed by atoms with van der Waals surface area (Å²) in [5.74, 6) is -3.12. The minimum absolute atomic E-state index is 0.202. The Morgan fingerprint density at radius 3 is 2.54 bits per heavy atom. The summed E-state index contributed by atoms with van der Waals surface area (Å²) >= 11 is 0. The van der Waals surface area contributed by atoms with Gasteiger partial charge in [-0.25, -0.2) is 0 Å². The predicted octanol–water partition coefficient (Wildman–Crippen LogP) is 2.46. The molecule has 2 heterocycles. The lowest BCUT2D eigenvalue weighted by molar-refractivity contribution is -0.159. The van der Waals surface area contributed by atoms with Crippen molar-refractivity contribution in [1.82, 2.24) is 15.0 Å². The second-order valence-electron chi connectivity index (χ2n) is 6.30. The van der Waals surface area contributed by atoms with Crippen LogP contribution in [0.5, 0.6) is 0 Å². The Balaban J connectivity index is 1.77. The van der Waals surface area contributed by atoms with Crippen LogP contribution in [0.25, 0.3) is 11.4 Å². The van der Waals surface area contributed by atoms with Crippen molar-refractivity contribution in [3.63, 3.8) is 0 Å². The van der Waals surface area contributed by atoms with Crippen molar-refractivity contribution in [1.29, 1.82) is 0 Å². The minimum atomic E-state index is -4.74. The molecule has 150 valence electrons. The van der Waals surface area contributed by atoms with Crippen LogP contribution in [0.15, 0.2) is 28.8 Å². The first-order chi connectivity index (χ1) is 13.2. The van der Waals surface area contributed by atoms with Gasteiger partial charge in [0.15, 0.2) is 0 Å². The summed E-state index contributed by atoms with van der Waals surface area (Å²) in [6.45, 7) is 0.259. The number of alkyl halides is 3. The molecule has 1 aliphatic rings. The van der Waals surface area contributed by atoms with Crippen molar-refractivity contribution in [2.45, 2.75) is 31.2 Å². The van der Waals surface area contributed by atoms with Crippen LogP contribution in [0.2, 0.25) is 0 Å². The van der Waals surface area contributed by atoms with Gasteiger partial charge in [0.2, 0.25) is 5.82 Å². The highest BCUT2D eigenvalue weighted by atomic mass is 19.4. The highest BCUT2D eigenvalue weighted by Gasteiger charge is 2.39. The molecular formula is C17H16F3N3O5. The van der Waals surface area contributed by atoms with E-state index in [4.69, 9.17) is 9.84 Å². The fourth-order valence-corrected chi connectivity index (χ4v) is 3.07. The summed E-state index contributed by atoms with van der Waals surface area (Å²) in [4.78, 5) is 28.5. The van der Waals surface area contributed by atoms with Gasteiger partial charge in [-0.2, -0.15) is 18.2 Å². The number of methoxy groups -OCH3 is 1. The molecule has 11 heteroatoms. The SMILES string of the molecule is COC1CC(CC(=O)O)N(C(=O)c2ccc(-c3noc(C(F)(F)F)n3)cc2)C1. The van der Waals surface area contributed by atoms with E-state index in [0.717, 1.165) is 0 Å². The molecule has 2 aromatic rings. The molecule has 1 amide bonds. The quantitative estimate of drug-likeness (QED) is 0.823. The second kappa shape index (κ2) is 7.58. The van der Waals surface area contributed by atoms with Gasteiger partial charge in [0.1, 0.15) is 0 Å². The van der Waals surface area contributed by atoms with E-state index >= 15 is 0 Å². The number of likely N-dealkylation sites (tertiary alicyclic amines) is 1. The number of hydrogen-bond donors (Lipinski definition) is 1. The number of carbonyl (C=O) groups is 2. The Bertz CT molecular complexity index is 866. The standard InChI is InChI=1S/C17H16F3N3O5/c1-27-12-6-11(7-13(24)25)23(8-12)15(26)10-4-2-9(3-5-10)14-21-16(28-22-14)17(18,19)20/h2-5,11-12H,6-8H2,1H3,(H,24,25). The van der Waals surface area contributed by atoms with E-state index in [-0.39, 0.29) is 41.9 Å². The lowest BCUT2D eigenvalue weighted by atomic mass is 10.1. The van der Waals surface area contributed by atoms with Crippen molar-refractivity contribution in [3.05, 3.63) is 35.7 Å². The zero-order valence-electron chi connectivity index (χ0n) is 14.6. The number of benzene rings is 1. The zero-order valence-corrected chi connectivity index (χ0v) is 14.6. The summed E-state index contributed by atoms with van der Waals surface area (Å²) in [6.07, 6.45) is -4.79. The number of rotatable bonds is 5. The Morgan fingerprint density at radius 2 is 2.00 bits per heavy atom. The van der Waals surface area contributed by atoms with Crippen molar-refractivity contribution in [3.8, 4) is 11.4 Å². The van der Waals surface area contributed by atoms with Crippen molar-refractivity contribution >= 4 is 11.9 Å². The maximum Gasteiger partial charge on any atom is 0.471 e. The first-order valence-corrected chi connectivity index (χ1v) is 8.26. The zero-order chi connectivity index (χ0) is 20.5. The third-order valence-corrected chi connectivity index (χ3v) is 4.44. The number of carbonyl (C=O) groups excluding carboxylic acids is 1. The van der Waals surface area contributed by atoms with Crippen molar-refractivity contribution in [2.24, 2.45) is 0 Å². The average molecular weight is 399 g/mol. The van der Waals surface area contributed by atoms with Gasteiger partial charge in [0.25, 0.3) is 5.91 Å². The van der Waals surface area contributed by atoms with E-state index in [1.54, 1.807) is 0 Å². The smallest absolute Gasteiger partial charge is 0.471 e. The molecule has 0 bridgehead atoms. The monoisotopic (exact) mass is 399 g/mol. The largest absolute Gasteiger partial charge is 0.481 e. The highest BCUT2D eigenvalue weighted by Crippen LogP contribution is 2.30. The second-order valence-corrected chi connectivity index (χ2v) is 6.30. The Kier molecular flexibility index (Phi) is 5.36. The lowest BCUT2D eigenvalue weighted by Gasteiger charge is -2.23. The number of amides is 1. The number of aromatic nitrogens is 2. The van der Waals surface area contributed by atoms with Gasteiger partial charge in [-0.1, -0.05) is 17.3 Å². The molecule has 0 aliphatic carbocycles. The summed E-state index contributed by atoms with van der Waals surface area (Å²) in [5.41, 5.74) is 0.504. The number of carboxylic acids is 1. The van der Waals surface area contributed by atoms with Crippen LogP contribution in [-0.2, 0) is 15.7 Å².